The van der Waals surface area contributed by atoms with Crippen molar-refractivity contribution in [3.05, 3.63) is 54.3 Å². The summed E-state index contributed by atoms with van der Waals surface area (Å²) in [7, 11) is 0. The van der Waals surface area contributed by atoms with Crippen molar-refractivity contribution in [1.29, 1.82) is 0 Å². The van der Waals surface area contributed by atoms with Crippen LogP contribution in [0.3, 0.4) is 0 Å². The number of amides is 2. The molecule has 5 rings (SSSR count). The van der Waals surface area contributed by atoms with Gasteiger partial charge in [-0.25, -0.2) is 9.18 Å². The van der Waals surface area contributed by atoms with Gasteiger partial charge in [-0.2, -0.15) is 4.80 Å². The highest BCUT2D eigenvalue weighted by Crippen LogP contribution is 2.32. The first kappa shape index (κ1) is 21.8. The van der Waals surface area contributed by atoms with Gasteiger partial charge in [0.15, 0.2) is 0 Å². The number of hydrogen-bond acceptors (Lipinski definition) is 7. The fraction of sp³-hybridized carbons (Fsp3) is 0.348. The minimum atomic E-state index is -0.560. The van der Waals surface area contributed by atoms with E-state index >= 15 is 4.39 Å². The molecule has 0 radical (unpaired) electrons. The van der Waals surface area contributed by atoms with Crippen LogP contribution in [0.5, 0.6) is 0 Å². The van der Waals surface area contributed by atoms with Gasteiger partial charge in [0.25, 0.3) is 0 Å². The molecule has 2 aliphatic rings. The lowest BCUT2D eigenvalue weighted by atomic mass is 10.2. The summed E-state index contributed by atoms with van der Waals surface area (Å²) in [6.07, 6.45) is -0.278. The lowest BCUT2D eigenvalue weighted by Crippen LogP contribution is -2.33. The van der Waals surface area contributed by atoms with Crippen molar-refractivity contribution in [2.75, 3.05) is 36.0 Å². The topological polar surface area (TPSA) is 105 Å². The molecule has 2 aliphatic heterocycles. The van der Waals surface area contributed by atoms with Gasteiger partial charge in [0.2, 0.25) is 11.7 Å². The molecule has 0 unspecified atom stereocenters. The van der Waals surface area contributed by atoms with E-state index in [1.807, 2.05) is 35.2 Å². The highest BCUT2D eigenvalue weighted by atomic mass is 19.1. The Morgan fingerprint density at radius 2 is 2.03 bits per heavy atom. The molecule has 0 spiro atoms. The van der Waals surface area contributed by atoms with Gasteiger partial charge in [-0.15, -0.1) is 10.2 Å². The Bertz CT molecular complexity index is 1200. The van der Waals surface area contributed by atoms with Crippen LogP contribution in [0.15, 0.2) is 48.5 Å². The van der Waals surface area contributed by atoms with Gasteiger partial charge in [-0.1, -0.05) is 30.3 Å². The molecule has 0 aliphatic carbocycles. The maximum Gasteiger partial charge on any atom is 0.414 e. The first-order chi connectivity index (χ1) is 16.5. The van der Waals surface area contributed by atoms with Crippen molar-refractivity contribution in [2.45, 2.75) is 25.5 Å². The van der Waals surface area contributed by atoms with Crippen molar-refractivity contribution >= 4 is 23.4 Å². The molecule has 34 heavy (non-hydrogen) atoms. The summed E-state index contributed by atoms with van der Waals surface area (Å²) < 4.78 is 20.3. The van der Waals surface area contributed by atoms with Gasteiger partial charge >= 0.3 is 6.09 Å². The summed E-state index contributed by atoms with van der Waals surface area (Å²) in [5.41, 5.74) is 1.76. The number of hydrogen-bond donors (Lipinski definition) is 1. The van der Waals surface area contributed by atoms with E-state index < -0.39 is 18.0 Å². The number of anilines is 2. The van der Waals surface area contributed by atoms with E-state index in [0.717, 1.165) is 12.0 Å². The van der Waals surface area contributed by atoms with Gasteiger partial charge in [-0.05, 0) is 29.8 Å². The second-order valence-corrected chi connectivity index (χ2v) is 8.38. The molecule has 11 heteroatoms. The SMILES string of the molecule is CC(=O)NC[C@H]1CN(c2ccc(N3CC[C@H](n4nnc(-c5ccccc5)n4)C3)c(F)c2)C(=O)O1. The van der Waals surface area contributed by atoms with Gasteiger partial charge in [0.05, 0.1) is 30.5 Å². The minimum Gasteiger partial charge on any atom is -0.442 e. The number of cyclic esters (lactones) is 1. The zero-order valence-corrected chi connectivity index (χ0v) is 18.6. The van der Waals surface area contributed by atoms with Gasteiger partial charge in [-0.3, -0.25) is 9.69 Å². The van der Waals surface area contributed by atoms with Crippen LogP contribution >= 0.6 is 0 Å². The predicted octanol–water partition coefficient (Wildman–Crippen LogP) is 2.39. The number of aromatic nitrogens is 4. The van der Waals surface area contributed by atoms with Crippen LogP contribution in [-0.4, -0.2) is 64.5 Å². The standard InChI is InChI=1S/C23H24FN7O3/c1-15(32)25-12-19-14-30(23(33)34-19)17-7-8-21(20(24)11-17)29-10-9-18(13-29)31-27-22(26-28-31)16-5-3-2-4-6-16/h2-8,11,18-19H,9-10,12-14H2,1H3,(H,25,32)/t18-,19-/m0/s1. The zero-order chi connectivity index (χ0) is 23.7. The van der Waals surface area contributed by atoms with E-state index in [2.05, 4.69) is 20.7 Å². The quantitative estimate of drug-likeness (QED) is 0.596. The lowest BCUT2D eigenvalue weighted by molar-refractivity contribution is -0.119. The molecule has 0 bridgehead atoms. The third kappa shape index (κ3) is 4.41. The molecule has 2 atom stereocenters. The van der Waals surface area contributed by atoms with E-state index in [1.165, 1.54) is 17.9 Å². The molecule has 2 fully saturated rings. The highest BCUT2D eigenvalue weighted by molar-refractivity contribution is 5.90. The number of tetrazole rings is 1. The van der Waals surface area contributed by atoms with Crippen molar-refractivity contribution in [3.63, 3.8) is 0 Å². The molecule has 2 saturated heterocycles. The Hall–Kier alpha value is -4.02. The van der Waals surface area contributed by atoms with Crippen LogP contribution in [0, 0.1) is 5.82 Å². The third-order valence-corrected chi connectivity index (χ3v) is 5.99. The minimum absolute atomic E-state index is 0.0212. The number of carbonyl (C=O) groups is 2. The Balaban J connectivity index is 1.25. The summed E-state index contributed by atoms with van der Waals surface area (Å²) in [5.74, 6) is -0.0668. The first-order valence-electron chi connectivity index (χ1n) is 11.1. The maximum absolute atomic E-state index is 15.1. The Morgan fingerprint density at radius 3 is 2.79 bits per heavy atom. The average Bonchev–Trinajstić information content (AvgIpc) is 3.58. The molecular weight excluding hydrogens is 441 g/mol. The van der Waals surface area contributed by atoms with Crippen molar-refractivity contribution in [3.8, 4) is 11.4 Å². The number of nitrogens with zero attached hydrogens (tertiary/aromatic N) is 6. The fourth-order valence-corrected chi connectivity index (χ4v) is 4.25. The van der Waals surface area contributed by atoms with Gasteiger partial charge in [0.1, 0.15) is 11.9 Å². The summed E-state index contributed by atoms with van der Waals surface area (Å²) in [6.45, 7) is 3.05. The Kier molecular flexibility index (Phi) is 5.83. The molecular formula is C23H24FN7O3. The second-order valence-electron chi connectivity index (χ2n) is 8.38. The van der Waals surface area contributed by atoms with Crippen LogP contribution in [0.4, 0.5) is 20.6 Å². The summed E-state index contributed by atoms with van der Waals surface area (Å²) in [4.78, 5) is 28.2. The average molecular weight is 465 g/mol. The monoisotopic (exact) mass is 465 g/mol. The number of halogens is 1. The normalized spacial score (nSPS) is 20.0. The first-order valence-corrected chi connectivity index (χ1v) is 11.1. The predicted molar refractivity (Wildman–Crippen MR) is 122 cm³/mol. The number of carbonyl (C=O) groups excluding carboxylic acids is 2. The van der Waals surface area contributed by atoms with Crippen molar-refractivity contribution < 1.29 is 18.7 Å². The molecule has 3 aromatic rings. The zero-order valence-electron chi connectivity index (χ0n) is 18.6. The Morgan fingerprint density at radius 1 is 1.21 bits per heavy atom. The van der Waals surface area contributed by atoms with Crippen LogP contribution in [0.1, 0.15) is 19.4 Å². The summed E-state index contributed by atoms with van der Waals surface area (Å²) >= 11 is 0. The maximum atomic E-state index is 15.1. The largest absolute Gasteiger partial charge is 0.442 e. The van der Waals surface area contributed by atoms with Crippen LogP contribution in [0.25, 0.3) is 11.4 Å². The fourth-order valence-electron chi connectivity index (χ4n) is 4.25. The van der Waals surface area contributed by atoms with Crippen LogP contribution < -0.4 is 15.1 Å². The molecule has 2 amide bonds. The second kappa shape index (κ2) is 9.08. The highest BCUT2D eigenvalue weighted by Gasteiger charge is 2.33. The number of nitrogens with one attached hydrogen (secondary N) is 1. The summed E-state index contributed by atoms with van der Waals surface area (Å²) in [5, 5.41) is 15.5. The van der Waals surface area contributed by atoms with Crippen molar-refractivity contribution in [2.24, 2.45) is 0 Å². The molecule has 10 nitrogen and oxygen atoms in total. The van der Waals surface area contributed by atoms with E-state index in [0.29, 0.717) is 30.3 Å². The van der Waals surface area contributed by atoms with Crippen LogP contribution in [-0.2, 0) is 9.53 Å². The molecule has 3 heterocycles. The number of benzene rings is 2. The van der Waals surface area contributed by atoms with Crippen molar-refractivity contribution in [1.82, 2.24) is 25.5 Å². The van der Waals surface area contributed by atoms with Gasteiger partial charge in [0, 0.05) is 25.6 Å². The Labute approximate surface area is 195 Å². The van der Waals surface area contributed by atoms with E-state index in [4.69, 9.17) is 4.74 Å². The van der Waals surface area contributed by atoms with E-state index in [9.17, 15) is 9.59 Å². The summed E-state index contributed by atoms with van der Waals surface area (Å²) in [6, 6.07) is 14.3. The number of rotatable bonds is 6. The molecule has 0 saturated carbocycles. The molecule has 1 N–H and O–H groups in total. The van der Waals surface area contributed by atoms with Crippen LogP contribution in [0.2, 0.25) is 0 Å². The third-order valence-electron chi connectivity index (χ3n) is 5.99. The van der Waals surface area contributed by atoms with E-state index in [1.54, 1.807) is 16.9 Å². The molecule has 1 aromatic heterocycles. The van der Waals surface area contributed by atoms with Gasteiger partial charge < -0.3 is 15.0 Å². The smallest absolute Gasteiger partial charge is 0.414 e. The molecule has 2 aromatic carbocycles. The van der Waals surface area contributed by atoms with E-state index in [-0.39, 0.29) is 25.0 Å². The molecule has 176 valence electrons. The lowest BCUT2D eigenvalue weighted by Gasteiger charge is -2.21. The number of ether oxygens (including phenoxy) is 1.